The van der Waals surface area contributed by atoms with E-state index >= 15 is 0 Å². The zero-order chi connectivity index (χ0) is 33.2. The van der Waals surface area contributed by atoms with E-state index in [1.165, 1.54) is 0 Å². The van der Waals surface area contributed by atoms with Gasteiger partial charge in [0.15, 0.2) is 22.9 Å². The van der Waals surface area contributed by atoms with E-state index in [0.29, 0.717) is 0 Å². The second kappa shape index (κ2) is 21.0. The molecule has 0 unspecified atom stereocenters. The molecule has 1 radical (unpaired) electrons. The van der Waals surface area contributed by atoms with E-state index in [4.69, 9.17) is 47.5 Å². The van der Waals surface area contributed by atoms with Crippen LogP contribution in [0.15, 0.2) is 97.6 Å². The molecule has 0 aliphatic carbocycles. The van der Waals surface area contributed by atoms with Crippen molar-refractivity contribution in [3.63, 3.8) is 0 Å². The van der Waals surface area contributed by atoms with Gasteiger partial charge in [0.05, 0.1) is 0 Å². The summed E-state index contributed by atoms with van der Waals surface area (Å²) in [6.07, 6.45) is 7.36. The van der Waals surface area contributed by atoms with Gasteiger partial charge in [0.1, 0.15) is 11.4 Å². The minimum Gasteiger partial charge on any atom is -0.400 e. The number of aromatic nitrogens is 8. The first-order chi connectivity index (χ1) is 20.9. The van der Waals surface area contributed by atoms with Crippen molar-refractivity contribution >= 4 is 11.3 Å². The summed E-state index contributed by atoms with van der Waals surface area (Å²) in [5, 5.41) is 30.4. The van der Waals surface area contributed by atoms with Gasteiger partial charge in [-0.25, -0.2) is 37.3 Å². The van der Waals surface area contributed by atoms with Gasteiger partial charge in [-0.05, 0) is 48.5 Å². The summed E-state index contributed by atoms with van der Waals surface area (Å²) in [6.45, 7) is 0. The van der Waals surface area contributed by atoms with Crippen LogP contribution in [0.5, 0.6) is 0 Å². The molecule has 243 valence electrons. The standard InChI is InChI=1S/2C11H8N4.2CH4O.2ClHO4.Co/c2*1-3-7-12-9(5-1)11-14-13-10-6-2-4-8-15(10)11;2*1-2;2*2-1(3,4)5;/h2*1-8H;2*2H,1H3;2*(H,2,3,4,5);/q;;;;;;+2/p-2. The smallest absolute Gasteiger partial charge is 0.400 e. The maximum atomic E-state index is 8.49. The number of fused-ring (bicyclic) bond motifs is 2. The Balaban J connectivity index is 0.000000607. The fourth-order valence-corrected chi connectivity index (χ4v) is 3.02. The molecule has 0 aromatic carbocycles. The minimum atomic E-state index is -4.94. The molecule has 18 nitrogen and oxygen atoms in total. The Morgan fingerprint density at radius 3 is 1.09 bits per heavy atom. The number of nitrogens with zero attached hydrogens (tertiary/aromatic N) is 8. The third-order valence-corrected chi connectivity index (χ3v) is 4.42. The van der Waals surface area contributed by atoms with Crippen molar-refractivity contribution < 1.29 is 84.8 Å². The van der Waals surface area contributed by atoms with Gasteiger partial charge in [0.2, 0.25) is 0 Å². The molecule has 0 saturated heterocycles. The Kier molecular flexibility index (Phi) is 19.3. The number of hydrogen-bond donors (Lipinski definition) is 2. The second-order valence-corrected chi connectivity index (χ2v) is 8.60. The molecule has 0 saturated carbocycles. The summed E-state index contributed by atoms with van der Waals surface area (Å²) in [5.74, 6) is 1.54. The molecule has 0 bridgehead atoms. The van der Waals surface area contributed by atoms with Crippen LogP contribution in [-0.2, 0) is 16.8 Å². The molecular weight excluding hydrogens is 690 g/mol. The number of halogens is 2. The number of pyridine rings is 4. The average Bonchev–Trinajstić information content (AvgIpc) is 3.64. The molecule has 6 aromatic rings. The van der Waals surface area contributed by atoms with Crippen LogP contribution in [-0.4, -0.2) is 63.6 Å². The molecule has 6 rings (SSSR count). The summed E-state index contributed by atoms with van der Waals surface area (Å²) in [4.78, 5) is 8.50. The van der Waals surface area contributed by atoms with E-state index < -0.39 is 20.5 Å². The predicted octanol–water partition coefficient (Wildman–Crippen LogP) is -6.71. The maximum Gasteiger partial charge on any atom is 2.00 e. The van der Waals surface area contributed by atoms with Gasteiger partial charge in [0.25, 0.3) is 0 Å². The van der Waals surface area contributed by atoms with Crippen molar-refractivity contribution in [2.75, 3.05) is 14.2 Å². The predicted molar refractivity (Wildman–Crippen MR) is 129 cm³/mol. The third-order valence-electron chi connectivity index (χ3n) is 4.42. The summed E-state index contributed by atoms with van der Waals surface area (Å²) in [6, 6.07) is 23.1. The average molecular weight is 714 g/mol. The van der Waals surface area contributed by atoms with Crippen LogP contribution >= 0.6 is 0 Å². The van der Waals surface area contributed by atoms with Crippen LogP contribution in [0.1, 0.15) is 0 Å². The molecule has 0 aliphatic rings. The van der Waals surface area contributed by atoms with Gasteiger partial charge >= 0.3 is 16.8 Å². The first-order valence-electron chi connectivity index (χ1n) is 11.5. The van der Waals surface area contributed by atoms with Crippen LogP contribution in [0.25, 0.3) is 34.3 Å². The summed E-state index contributed by atoms with van der Waals surface area (Å²) in [5.41, 5.74) is 3.32. The van der Waals surface area contributed by atoms with Crippen molar-refractivity contribution in [1.82, 2.24) is 39.2 Å². The van der Waals surface area contributed by atoms with Gasteiger partial charge in [-0.15, -0.1) is 40.9 Å². The van der Waals surface area contributed by atoms with Crippen LogP contribution in [0.2, 0.25) is 0 Å². The van der Waals surface area contributed by atoms with Crippen molar-refractivity contribution in [2.45, 2.75) is 0 Å². The van der Waals surface area contributed by atoms with E-state index in [1.807, 2.05) is 94.0 Å². The van der Waals surface area contributed by atoms with Crippen molar-refractivity contribution in [3.8, 4) is 23.0 Å². The van der Waals surface area contributed by atoms with Gasteiger partial charge < -0.3 is 10.2 Å². The van der Waals surface area contributed by atoms with E-state index in [-0.39, 0.29) is 16.8 Å². The zero-order valence-corrected chi connectivity index (χ0v) is 25.6. The van der Waals surface area contributed by atoms with Gasteiger partial charge in [-0.3, -0.25) is 18.8 Å². The molecule has 0 fully saturated rings. The van der Waals surface area contributed by atoms with Gasteiger partial charge in [-0.1, -0.05) is 24.3 Å². The summed E-state index contributed by atoms with van der Waals surface area (Å²) < 4.78 is 71.8. The molecule has 0 spiro atoms. The van der Waals surface area contributed by atoms with Gasteiger partial charge in [0, 0.05) is 39.0 Å². The monoisotopic (exact) mass is 713 g/mol. The van der Waals surface area contributed by atoms with Crippen LogP contribution in [0.3, 0.4) is 0 Å². The van der Waals surface area contributed by atoms with Crippen LogP contribution in [0.4, 0.5) is 0 Å². The third kappa shape index (κ3) is 16.2. The molecule has 6 heterocycles. The number of rotatable bonds is 2. The second-order valence-electron chi connectivity index (χ2n) is 7.09. The molecule has 0 aliphatic heterocycles. The Labute approximate surface area is 269 Å². The molecule has 2 N–H and O–H groups in total. The van der Waals surface area contributed by atoms with E-state index in [1.54, 1.807) is 12.4 Å². The Hall–Kier alpha value is -3.77. The molecule has 6 aromatic heterocycles. The van der Waals surface area contributed by atoms with Crippen molar-refractivity contribution in [1.29, 1.82) is 0 Å². The Morgan fingerprint density at radius 2 is 0.800 bits per heavy atom. The quantitative estimate of drug-likeness (QED) is 0.168. The van der Waals surface area contributed by atoms with E-state index in [2.05, 4.69) is 30.4 Å². The fourth-order valence-electron chi connectivity index (χ4n) is 3.02. The fraction of sp³-hybridized carbons (Fsp3) is 0.0833. The maximum absolute atomic E-state index is 8.49. The minimum absolute atomic E-state index is 0. The topological polar surface area (TPSA) is 311 Å². The Morgan fingerprint density at radius 1 is 0.489 bits per heavy atom. The summed E-state index contributed by atoms with van der Waals surface area (Å²) in [7, 11) is -7.89. The van der Waals surface area contributed by atoms with Gasteiger partial charge in [-0.2, -0.15) is 0 Å². The number of aliphatic hydroxyl groups is 2. The molecule has 0 amide bonds. The molecule has 21 heteroatoms. The molecule has 0 atom stereocenters. The molecule has 45 heavy (non-hydrogen) atoms. The normalized spacial score (nSPS) is 10.0. The Bertz CT molecular complexity index is 1490. The first-order valence-corrected chi connectivity index (χ1v) is 13.9. The van der Waals surface area contributed by atoms with E-state index in [0.717, 1.165) is 48.6 Å². The summed E-state index contributed by atoms with van der Waals surface area (Å²) >= 11 is 0. The number of hydrogen-bond acceptors (Lipinski definition) is 16. The first kappa shape index (κ1) is 41.2. The zero-order valence-electron chi connectivity index (χ0n) is 23.1. The van der Waals surface area contributed by atoms with Crippen LogP contribution in [0, 0.1) is 20.5 Å². The molecular formula is C24H24Cl2CoN8O10. The van der Waals surface area contributed by atoms with Crippen molar-refractivity contribution in [3.05, 3.63) is 97.6 Å². The van der Waals surface area contributed by atoms with Crippen molar-refractivity contribution in [2.24, 2.45) is 0 Å². The van der Waals surface area contributed by atoms with E-state index in [9.17, 15) is 0 Å². The largest absolute Gasteiger partial charge is 2.00 e. The number of aliphatic hydroxyl groups excluding tert-OH is 2. The van der Waals surface area contributed by atoms with Crippen LogP contribution < -0.4 is 37.3 Å². The SMILES string of the molecule is CO.CO.[Co+2].[O-][Cl+3]([O-])([O-])[O-].[O-][Cl+3]([O-])([O-])[O-].c1ccc(-c2nnc3ccccn23)nc1.c1ccc(-c2nnc3ccccn23)nc1.